The Balaban J connectivity index is 1.61. The van der Waals surface area contributed by atoms with Crippen LogP contribution in [0.2, 0.25) is 0 Å². The number of hydrogen-bond acceptors (Lipinski definition) is 28. The lowest BCUT2D eigenvalue weighted by molar-refractivity contribution is -0.402. The predicted octanol–water partition coefficient (Wildman–Crippen LogP) is -12.4. The molecule has 5 heterocycles. The second kappa shape index (κ2) is 23.8. The third kappa shape index (κ3) is 11.8. The molecule has 0 aromatic carbocycles. The molecule has 1 unspecified atom stereocenters. The maximum absolute atomic E-state index is 13.4. The van der Waals surface area contributed by atoms with Crippen LogP contribution in [0.4, 0.5) is 0 Å². The van der Waals surface area contributed by atoms with Crippen LogP contribution in [0.25, 0.3) is 0 Å². The van der Waals surface area contributed by atoms with Gasteiger partial charge in [0.2, 0.25) is 11.8 Å². The zero-order chi connectivity index (χ0) is 50.7. The van der Waals surface area contributed by atoms with Crippen LogP contribution in [0, 0.1) is 0 Å². The van der Waals surface area contributed by atoms with Gasteiger partial charge in [-0.3, -0.25) is 9.59 Å². The number of carboxylic acid groups (broad SMARTS) is 1. The molecule has 5 aliphatic heterocycles. The number of carboxylic acids is 1. The van der Waals surface area contributed by atoms with Crippen molar-refractivity contribution in [1.82, 2.24) is 10.6 Å². The first kappa shape index (κ1) is 56.3. The number of nitrogens with one attached hydrogen (secondary N) is 2. The molecule has 19 N–H and O–H groups in total. The summed E-state index contributed by atoms with van der Waals surface area (Å²) in [5.41, 5.74) is 0. The largest absolute Gasteiger partial charge is 0.477 e. The summed E-state index contributed by atoms with van der Waals surface area (Å²) in [6.07, 6.45) is -48.5. The number of carbonyl (C=O) groups excluding carboxylic acids is 2. The molecule has 0 aliphatic carbocycles. The molecule has 0 saturated carbocycles. The summed E-state index contributed by atoms with van der Waals surface area (Å²) in [5.74, 6) is -7.24. The van der Waals surface area contributed by atoms with Crippen molar-refractivity contribution in [2.24, 2.45) is 0 Å². The van der Waals surface area contributed by atoms with Crippen LogP contribution in [0.15, 0.2) is 0 Å². The zero-order valence-corrected chi connectivity index (χ0v) is 36.2. The average Bonchev–Trinajstić information content (AvgIpc) is 3.29. The lowest BCUT2D eigenvalue weighted by Gasteiger charge is -2.52. The number of aliphatic carboxylic acids is 1. The first-order chi connectivity index (χ1) is 32.0. The Morgan fingerprint density at radius 3 is 1.63 bits per heavy atom. The van der Waals surface area contributed by atoms with Crippen LogP contribution < -0.4 is 10.6 Å². The summed E-state index contributed by atoms with van der Waals surface area (Å²) < 4.78 is 51.6. The number of rotatable bonds is 18. The molecular formula is C37H62N2O29. The zero-order valence-electron chi connectivity index (χ0n) is 36.2. The molecule has 0 spiro atoms. The minimum Gasteiger partial charge on any atom is -0.477 e. The highest BCUT2D eigenvalue weighted by atomic mass is 16.8. The minimum atomic E-state index is -3.32. The Bertz CT molecular complexity index is 1650. The first-order valence-corrected chi connectivity index (χ1v) is 21.2. The van der Waals surface area contributed by atoms with Crippen LogP contribution in [0.1, 0.15) is 20.3 Å². The van der Waals surface area contributed by atoms with E-state index < -0.39 is 216 Å². The van der Waals surface area contributed by atoms with E-state index in [0.717, 1.165) is 13.8 Å². The van der Waals surface area contributed by atoms with Gasteiger partial charge in [-0.1, -0.05) is 0 Å². The van der Waals surface area contributed by atoms with Crippen molar-refractivity contribution in [3.8, 4) is 0 Å². The third-order valence-electron chi connectivity index (χ3n) is 12.1. The van der Waals surface area contributed by atoms with Gasteiger partial charge in [-0.15, -0.1) is 0 Å². The Morgan fingerprint density at radius 1 is 0.574 bits per heavy atom. The molecule has 0 radical (unpaired) electrons. The molecular weight excluding hydrogens is 936 g/mol. The number of ether oxygens (including phenoxy) is 9. The van der Waals surface area contributed by atoms with Gasteiger partial charge in [-0.05, 0) is 0 Å². The summed E-state index contributed by atoms with van der Waals surface area (Å²) in [6, 6.07) is -3.59. The van der Waals surface area contributed by atoms with Crippen molar-refractivity contribution < 1.29 is 144 Å². The van der Waals surface area contributed by atoms with Gasteiger partial charge in [-0.2, -0.15) is 0 Å². The van der Waals surface area contributed by atoms with E-state index >= 15 is 0 Å². The fourth-order valence-electron chi connectivity index (χ4n) is 8.53. The van der Waals surface area contributed by atoms with E-state index in [1.807, 2.05) is 0 Å². The highest BCUT2D eigenvalue weighted by Gasteiger charge is 2.62. The van der Waals surface area contributed by atoms with Crippen LogP contribution in [0.3, 0.4) is 0 Å². The van der Waals surface area contributed by atoms with Gasteiger partial charge in [0.15, 0.2) is 25.2 Å². The summed E-state index contributed by atoms with van der Waals surface area (Å²) in [5, 5.41) is 185. The summed E-state index contributed by atoms with van der Waals surface area (Å²) in [4.78, 5) is 38.3. The minimum absolute atomic E-state index is 0.856. The second-order valence-corrected chi connectivity index (χ2v) is 16.8. The number of aliphatic hydroxyl groups is 16. The van der Waals surface area contributed by atoms with E-state index in [0.29, 0.717) is 0 Å². The van der Waals surface area contributed by atoms with Gasteiger partial charge < -0.3 is 140 Å². The maximum Gasteiger partial charge on any atom is 0.364 e. The number of carbonyl (C=O) groups is 3. The molecule has 68 heavy (non-hydrogen) atoms. The van der Waals surface area contributed by atoms with Gasteiger partial charge in [0.25, 0.3) is 5.79 Å². The molecule has 5 rings (SSSR count). The summed E-state index contributed by atoms with van der Waals surface area (Å²) >= 11 is 0. The van der Waals surface area contributed by atoms with Crippen LogP contribution in [-0.4, -0.2) is 297 Å². The molecule has 31 nitrogen and oxygen atoms in total. The number of aliphatic hydroxyl groups excluding tert-OH is 16. The summed E-state index contributed by atoms with van der Waals surface area (Å²) in [6.45, 7) is -3.48. The normalized spacial score (nSPS) is 46.6. The van der Waals surface area contributed by atoms with Crippen molar-refractivity contribution in [2.75, 3.05) is 33.0 Å². The van der Waals surface area contributed by atoms with E-state index in [4.69, 9.17) is 42.6 Å². The predicted molar refractivity (Wildman–Crippen MR) is 207 cm³/mol. The lowest BCUT2D eigenvalue weighted by Crippen LogP contribution is -2.72. The number of amides is 2. The van der Waals surface area contributed by atoms with Crippen LogP contribution in [0.5, 0.6) is 0 Å². The van der Waals surface area contributed by atoms with E-state index in [1.54, 1.807) is 0 Å². The summed E-state index contributed by atoms with van der Waals surface area (Å²) in [7, 11) is 0. The highest BCUT2D eigenvalue weighted by Crippen LogP contribution is 2.40. The Kier molecular flexibility index (Phi) is 19.7. The van der Waals surface area contributed by atoms with Gasteiger partial charge in [-0.25, -0.2) is 4.79 Å². The van der Waals surface area contributed by atoms with E-state index in [9.17, 15) is 101 Å². The first-order valence-electron chi connectivity index (χ1n) is 21.2. The highest BCUT2D eigenvalue weighted by molar-refractivity contribution is 5.76. The molecule has 394 valence electrons. The molecule has 0 aromatic heterocycles. The second-order valence-electron chi connectivity index (χ2n) is 16.8. The topological polar surface area (TPSA) is 502 Å². The molecule has 0 aromatic rings. The molecule has 31 heteroatoms. The van der Waals surface area contributed by atoms with Gasteiger partial charge in [0, 0.05) is 20.3 Å². The van der Waals surface area contributed by atoms with Crippen LogP contribution in [-0.2, 0) is 57.0 Å². The van der Waals surface area contributed by atoms with E-state index in [2.05, 4.69) is 10.6 Å². The number of hydrogen-bond donors (Lipinski definition) is 19. The maximum atomic E-state index is 13.4. The SMILES string of the molecule is CC(=O)N[C@H]1[C@H](O[C@@H]2[C@H](O[C@]3(C(=O)O)C[C@H](O)[C@@H](NC(C)=O)[C@H]([C@H](O)[C@H](O)CO)O3)[C@@H](O)[C@H](O[C@H]3[C@H](O)[C@@H](O)C(O)O[C@@H]3CO)O[C@@H]2CO)O[C@H](CO)[C@@H](O)[C@@H]1O[C@@H]1O[C@H](CO)[C@H](O)[C@H](O)[C@H]1O. The lowest BCUT2D eigenvalue weighted by atomic mass is 9.88. The van der Waals surface area contributed by atoms with Crippen molar-refractivity contribution in [3.05, 3.63) is 0 Å². The Morgan fingerprint density at radius 2 is 1.07 bits per heavy atom. The van der Waals surface area contributed by atoms with Crippen molar-refractivity contribution in [3.63, 3.8) is 0 Å². The van der Waals surface area contributed by atoms with Crippen molar-refractivity contribution in [2.45, 2.75) is 179 Å². The molecule has 5 fully saturated rings. The standard InChI is InChI=1S/C37H62N2O29/c1-9(45)38-17-11(47)3-37(36(58)59,67-30(17)19(49)12(48)4-40)68-31-26(56)35(64-27-15(7-43)60-32(57)24(54)23(27)53)63-16(8-44)28(31)65-33-18(39-10(2)46)29(21(51)14(6-42)61-33)66-34-25(55)22(52)20(50)13(5-41)62-34/h11-35,40-44,47-57H,3-8H2,1-2H3,(H,38,45)(H,39,46)(H,58,59)/t11-,12+,13+,14+,15+,16+,17+,18+,19+,20-,21+,22-,23+,24+,25+,26+,27+,28-,29+,30+,31+,32?,33-,34-,35-,37-/m0/s1. The van der Waals surface area contributed by atoms with Crippen LogP contribution >= 0.6 is 0 Å². The fraction of sp³-hybridized carbons (Fsp3) is 0.919. The van der Waals surface area contributed by atoms with E-state index in [-0.39, 0.29) is 0 Å². The molecule has 26 atom stereocenters. The Labute approximate surface area is 384 Å². The van der Waals surface area contributed by atoms with Crippen molar-refractivity contribution >= 4 is 17.8 Å². The molecule has 5 aliphatic rings. The Hall–Kier alpha value is -2.59. The third-order valence-corrected chi connectivity index (χ3v) is 12.1. The smallest absolute Gasteiger partial charge is 0.364 e. The molecule has 0 bridgehead atoms. The average molecular weight is 999 g/mol. The van der Waals surface area contributed by atoms with Gasteiger partial charge in [0.1, 0.15) is 116 Å². The van der Waals surface area contributed by atoms with Gasteiger partial charge >= 0.3 is 5.97 Å². The van der Waals surface area contributed by atoms with Crippen molar-refractivity contribution in [1.29, 1.82) is 0 Å². The quantitative estimate of drug-likeness (QED) is 0.0606. The molecule has 2 amide bonds. The molecule has 5 saturated heterocycles. The van der Waals surface area contributed by atoms with E-state index in [1.165, 1.54) is 0 Å². The monoisotopic (exact) mass is 998 g/mol. The van der Waals surface area contributed by atoms with Gasteiger partial charge in [0.05, 0.1) is 45.2 Å². The fourth-order valence-corrected chi connectivity index (χ4v) is 8.53.